The number of carboxylic acids is 1. The van der Waals surface area contributed by atoms with Crippen molar-refractivity contribution in [3.8, 4) is 11.1 Å². The zero-order valence-corrected chi connectivity index (χ0v) is 13.5. The van der Waals surface area contributed by atoms with E-state index in [2.05, 4.69) is 0 Å². The van der Waals surface area contributed by atoms with E-state index < -0.39 is 12.1 Å². The van der Waals surface area contributed by atoms with Gasteiger partial charge in [0.25, 0.3) is 5.91 Å². The van der Waals surface area contributed by atoms with Gasteiger partial charge in [0.15, 0.2) is 6.10 Å². The Balaban J connectivity index is 1.85. The fourth-order valence-electron chi connectivity index (χ4n) is 2.56. The number of ether oxygens (including phenoxy) is 1. The Morgan fingerprint density at radius 1 is 1.26 bits per heavy atom. The predicted octanol–water partition coefficient (Wildman–Crippen LogP) is 2.65. The summed E-state index contributed by atoms with van der Waals surface area (Å²) in [4.78, 5) is 26.0. The second kappa shape index (κ2) is 6.52. The number of aliphatic carboxylic acids is 1. The molecular formula is C17H17NO4S. The summed E-state index contributed by atoms with van der Waals surface area (Å²) in [6, 6.07) is 9.94. The number of carbonyl (C=O) groups is 2. The van der Waals surface area contributed by atoms with Gasteiger partial charge in [-0.15, -0.1) is 11.3 Å². The van der Waals surface area contributed by atoms with Crippen LogP contribution in [0.25, 0.3) is 11.1 Å². The molecule has 1 N–H and O–H groups in total. The molecule has 3 rings (SSSR count). The van der Waals surface area contributed by atoms with E-state index in [0.717, 1.165) is 16.7 Å². The molecule has 1 aromatic heterocycles. The maximum atomic E-state index is 12.8. The molecule has 0 saturated carbocycles. The Bertz CT molecular complexity index is 722. The van der Waals surface area contributed by atoms with Crippen molar-refractivity contribution in [2.24, 2.45) is 0 Å². The summed E-state index contributed by atoms with van der Waals surface area (Å²) in [7, 11) is 0. The van der Waals surface area contributed by atoms with Crippen LogP contribution >= 0.6 is 11.3 Å². The number of carboxylic acid groups (broad SMARTS) is 1. The van der Waals surface area contributed by atoms with Gasteiger partial charge in [0.2, 0.25) is 0 Å². The van der Waals surface area contributed by atoms with Crippen molar-refractivity contribution in [3.63, 3.8) is 0 Å². The van der Waals surface area contributed by atoms with Crippen LogP contribution < -0.4 is 0 Å². The third-order valence-corrected chi connectivity index (χ3v) is 4.75. The van der Waals surface area contributed by atoms with Gasteiger partial charge in [-0.05, 0) is 23.9 Å². The molecule has 0 spiro atoms. The second-order valence-electron chi connectivity index (χ2n) is 5.48. The minimum Gasteiger partial charge on any atom is -0.479 e. The van der Waals surface area contributed by atoms with Gasteiger partial charge in [0.05, 0.1) is 18.0 Å². The summed E-state index contributed by atoms with van der Waals surface area (Å²) in [5.74, 6) is -1.17. The number of rotatable bonds is 3. The second-order valence-corrected chi connectivity index (χ2v) is 6.39. The van der Waals surface area contributed by atoms with Gasteiger partial charge in [-0.2, -0.15) is 0 Å². The van der Waals surface area contributed by atoms with Crippen molar-refractivity contribution in [2.45, 2.75) is 13.0 Å². The van der Waals surface area contributed by atoms with E-state index in [1.165, 1.54) is 11.3 Å². The first kappa shape index (κ1) is 15.7. The third-order valence-electron chi connectivity index (χ3n) is 3.85. The zero-order chi connectivity index (χ0) is 16.4. The first-order valence-corrected chi connectivity index (χ1v) is 8.22. The molecule has 120 valence electrons. The lowest BCUT2D eigenvalue weighted by molar-refractivity contribution is -0.154. The molecule has 1 amide bonds. The lowest BCUT2D eigenvalue weighted by Crippen LogP contribution is -2.48. The van der Waals surface area contributed by atoms with Crippen LogP contribution in [0.4, 0.5) is 0 Å². The Labute approximate surface area is 138 Å². The molecule has 5 nitrogen and oxygen atoms in total. The van der Waals surface area contributed by atoms with Crippen LogP contribution in [-0.2, 0) is 9.53 Å². The van der Waals surface area contributed by atoms with Gasteiger partial charge >= 0.3 is 5.97 Å². The molecule has 0 bridgehead atoms. The molecule has 0 aliphatic carbocycles. The molecule has 1 fully saturated rings. The first-order chi connectivity index (χ1) is 11.1. The summed E-state index contributed by atoms with van der Waals surface area (Å²) < 4.78 is 5.18. The van der Waals surface area contributed by atoms with Crippen molar-refractivity contribution in [1.29, 1.82) is 0 Å². The molecule has 0 unspecified atom stereocenters. The van der Waals surface area contributed by atoms with Gasteiger partial charge in [-0.3, -0.25) is 4.79 Å². The topological polar surface area (TPSA) is 66.8 Å². The fraction of sp³-hybridized carbons (Fsp3) is 0.294. The van der Waals surface area contributed by atoms with E-state index in [4.69, 9.17) is 9.84 Å². The number of carbonyl (C=O) groups excluding carboxylic acids is 1. The Morgan fingerprint density at radius 2 is 2.00 bits per heavy atom. The third kappa shape index (κ3) is 3.28. The van der Waals surface area contributed by atoms with Crippen LogP contribution in [0.15, 0.2) is 35.7 Å². The minimum absolute atomic E-state index is 0.0827. The van der Waals surface area contributed by atoms with Crippen LogP contribution in [0.1, 0.15) is 15.2 Å². The summed E-state index contributed by atoms with van der Waals surface area (Å²) in [5, 5.41) is 11.0. The average molecular weight is 331 g/mol. The maximum Gasteiger partial charge on any atom is 0.334 e. The number of morpholine rings is 1. The maximum absolute atomic E-state index is 12.8. The highest BCUT2D eigenvalue weighted by atomic mass is 32.1. The van der Waals surface area contributed by atoms with Crippen molar-refractivity contribution in [2.75, 3.05) is 19.7 Å². The first-order valence-electron chi connectivity index (χ1n) is 7.34. The molecule has 2 aromatic rings. The summed E-state index contributed by atoms with van der Waals surface area (Å²) in [5.41, 5.74) is 3.04. The molecule has 1 aliphatic heterocycles. The van der Waals surface area contributed by atoms with E-state index in [0.29, 0.717) is 11.4 Å². The van der Waals surface area contributed by atoms with Crippen LogP contribution in [0.3, 0.4) is 0 Å². The largest absolute Gasteiger partial charge is 0.479 e. The van der Waals surface area contributed by atoms with Gasteiger partial charge in [-0.25, -0.2) is 4.79 Å². The molecule has 2 heterocycles. The number of amides is 1. The van der Waals surface area contributed by atoms with Crippen LogP contribution in [0.2, 0.25) is 0 Å². The van der Waals surface area contributed by atoms with Crippen LogP contribution in [0, 0.1) is 6.92 Å². The molecule has 1 saturated heterocycles. The van der Waals surface area contributed by atoms with E-state index in [1.807, 2.05) is 42.6 Å². The van der Waals surface area contributed by atoms with Crippen LogP contribution in [-0.4, -0.2) is 47.7 Å². The van der Waals surface area contributed by atoms with E-state index in [1.54, 1.807) is 4.90 Å². The van der Waals surface area contributed by atoms with Gasteiger partial charge in [-0.1, -0.05) is 29.8 Å². The predicted molar refractivity (Wildman–Crippen MR) is 87.8 cm³/mol. The summed E-state index contributed by atoms with van der Waals surface area (Å²) >= 11 is 1.38. The van der Waals surface area contributed by atoms with Crippen LogP contribution in [0.5, 0.6) is 0 Å². The van der Waals surface area contributed by atoms with Crippen molar-refractivity contribution < 1.29 is 19.4 Å². The fourth-order valence-corrected chi connectivity index (χ4v) is 3.45. The van der Waals surface area contributed by atoms with Crippen molar-refractivity contribution >= 4 is 23.2 Å². The quantitative estimate of drug-likeness (QED) is 0.939. The Hall–Kier alpha value is -2.18. The van der Waals surface area contributed by atoms with E-state index >= 15 is 0 Å². The van der Waals surface area contributed by atoms with Gasteiger partial charge in [0, 0.05) is 12.1 Å². The monoisotopic (exact) mass is 331 g/mol. The number of hydrogen-bond acceptors (Lipinski definition) is 4. The smallest absolute Gasteiger partial charge is 0.334 e. The summed E-state index contributed by atoms with van der Waals surface area (Å²) in [6.45, 7) is 2.75. The summed E-state index contributed by atoms with van der Waals surface area (Å²) in [6.07, 6.45) is -0.949. The van der Waals surface area contributed by atoms with Crippen molar-refractivity contribution in [3.05, 3.63) is 46.2 Å². The van der Waals surface area contributed by atoms with E-state index in [9.17, 15) is 9.59 Å². The highest BCUT2D eigenvalue weighted by Gasteiger charge is 2.30. The van der Waals surface area contributed by atoms with Gasteiger partial charge < -0.3 is 14.7 Å². The molecule has 1 aromatic carbocycles. The number of hydrogen-bond donors (Lipinski definition) is 1. The van der Waals surface area contributed by atoms with Gasteiger partial charge in [0.1, 0.15) is 0 Å². The Kier molecular flexibility index (Phi) is 4.45. The van der Waals surface area contributed by atoms with Crippen molar-refractivity contribution in [1.82, 2.24) is 4.90 Å². The SMILES string of the molecule is Cc1ccc(-c2ccsc2C(=O)N2CCO[C@@H](C(=O)O)C2)cc1. The Morgan fingerprint density at radius 3 is 2.70 bits per heavy atom. The molecule has 6 heteroatoms. The number of benzene rings is 1. The molecule has 0 radical (unpaired) electrons. The lowest BCUT2D eigenvalue weighted by atomic mass is 10.0. The zero-order valence-electron chi connectivity index (χ0n) is 12.7. The molecule has 1 aliphatic rings. The molecule has 23 heavy (non-hydrogen) atoms. The highest BCUT2D eigenvalue weighted by Crippen LogP contribution is 2.30. The van der Waals surface area contributed by atoms with E-state index in [-0.39, 0.29) is 19.1 Å². The highest BCUT2D eigenvalue weighted by molar-refractivity contribution is 7.12. The number of thiophene rings is 1. The molecule has 1 atom stereocenters. The molecular weight excluding hydrogens is 314 g/mol. The number of aryl methyl sites for hydroxylation is 1. The number of nitrogens with zero attached hydrogens (tertiary/aromatic N) is 1. The lowest BCUT2D eigenvalue weighted by Gasteiger charge is -2.30. The minimum atomic E-state index is -1.03. The normalized spacial score (nSPS) is 18.0. The standard InChI is InChI=1S/C17H17NO4S/c1-11-2-4-12(5-3-11)13-6-9-23-15(13)16(19)18-7-8-22-14(10-18)17(20)21/h2-6,9,14H,7-8,10H2,1H3,(H,20,21)/t14-/m1/s1. The average Bonchev–Trinajstić information content (AvgIpc) is 3.04.